The predicted molar refractivity (Wildman–Crippen MR) is 86.8 cm³/mol. The zero-order valence-corrected chi connectivity index (χ0v) is 13.2. The summed E-state index contributed by atoms with van der Waals surface area (Å²) in [6.45, 7) is 0.723. The van der Waals surface area contributed by atoms with E-state index in [1.54, 1.807) is 0 Å². The molecule has 1 amide bonds. The third-order valence-electron chi connectivity index (χ3n) is 4.45. The first-order chi connectivity index (χ1) is 11.2. The van der Waals surface area contributed by atoms with Gasteiger partial charge in [0.15, 0.2) is 11.5 Å². The monoisotopic (exact) mass is 329 g/mol. The SMILES string of the molecule is O=C(NCc1ccc2c(c1)OCO2)C1(c2cccc(Cl)c2)CC1. The van der Waals surface area contributed by atoms with Crippen LogP contribution in [0.4, 0.5) is 0 Å². The maximum absolute atomic E-state index is 12.6. The second-order valence-corrected chi connectivity index (χ2v) is 6.40. The highest BCUT2D eigenvalue weighted by Crippen LogP contribution is 2.48. The summed E-state index contributed by atoms with van der Waals surface area (Å²) in [6.07, 6.45) is 1.72. The molecule has 1 N–H and O–H groups in total. The van der Waals surface area contributed by atoms with E-state index < -0.39 is 5.41 Å². The normalized spacial score (nSPS) is 16.9. The van der Waals surface area contributed by atoms with Gasteiger partial charge in [0.05, 0.1) is 5.41 Å². The van der Waals surface area contributed by atoms with Crippen LogP contribution >= 0.6 is 11.6 Å². The standard InChI is InChI=1S/C18H16ClNO3/c19-14-3-1-2-13(9-14)18(6-7-18)17(21)20-10-12-4-5-15-16(8-12)23-11-22-15/h1-5,8-9H,6-7,10-11H2,(H,20,21). The van der Waals surface area contributed by atoms with Gasteiger partial charge in [-0.1, -0.05) is 29.8 Å². The van der Waals surface area contributed by atoms with Gasteiger partial charge in [-0.2, -0.15) is 0 Å². The highest BCUT2D eigenvalue weighted by molar-refractivity contribution is 6.30. The first-order valence-corrected chi connectivity index (χ1v) is 7.98. The van der Waals surface area contributed by atoms with Gasteiger partial charge in [0.2, 0.25) is 12.7 Å². The third kappa shape index (κ3) is 2.63. The van der Waals surface area contributed by atoms with Gasteiger partial charge in [0.1, 0.15) is 0 Å². The molecule has 0 radical (unpaired) electrons. The van der Waals surface area contributed by atoms with E-state index in [4.69, 9.17) is 21.1 Å². The molecular weight excluding hydrogens is 314 g/mol. The van der Waals surface area contributed by atoms with Gasteiger partial charge < -0.3 is 14.8 Å². The van der Waals surface area contributed by atoms with E-state index in [-0.39, 0.29) is 12.7 Å². The van der Waals surface area contributed by atoms with Crippen LogP contribution in [0.5, 0.6) is 11.5 Å². The van der Waals surface area contributed by atoms with Gasteiger partial charge in [-0.25, -0.2) is 0 Å². The maximum atomic E-state index is 12.6. The summed E-state index contributed by atoms with van der Waals surface area (Å²) in [5, 5.41) is 3.70. The van der Waals surface area contributed by atoms with Crippen molar-refractivity contribution in [1.29, 1.82) is 0 Å². The Morgan fingerprint density at radius 1 is 1.13 bits per heavy atom. The van der Waals surface area contributed by atoms with Gasteiger partial charge in [-0.15, -0.1) is 0 Å². The molecule has 0 aromatic heterocycles. The average molecular weight is 330 g/mol. The van der Waals surface area contributed by atoms with Gasteiger partial charge in [-0.3, -0.25) is 4.79 Å². The lowest BCUT2D eigenvalue weighted by molar-refractivity contribution is -0.123. The molecule has 0 atom stereocenters. The number of carbonyl (C=O) groups is 1. The predicted octanol–water partition coefficient (Wildman–Crippen LogP) is 3.42. The van der Waals surface area contributed by atoms with Crippen molar-refractivity contribution in [3.8, 4) is 11.5 Å². The van der Waals surface area contributed by atoms with Gasteiger partial charge in [0.25, 0.3) is 0 Å². The molecule has 0 unspecified atom stereocenters. The molecule has 5 heteroatoms. The highest BCUT2D eigenvalue weighted by atomic mass is 35.5. The summed E-state index contributed by atoms with van der Waals surface area (Å²) >= 11 is 6.05. The van der Waals surface area contributed by atoms with Crippen LogP contribution in [0.3, 0.4) is 0 Å². The Labute approximate surface area is 139 Å². The lowest BCUT2D eigenvalue weighted by atomic mass is 9.95. The van der Waals surface area contributed by atoms with Crippen molar-refractivity contribution >= 4 is 17.5 Å². The van der Waals surface area contributed by atoms with E-state index in [0.29, 0.717) is 11.6 Å². The van der Waals surface area contributed by atoms with Crippen molar-refractivity contribution < 1.29 is 14.3 Å². The van der Waals surface area contributed by atoms with E-state index >= 15 is 0 Å². The number of hydrogen-bond acceptors (Lipinski definition) is 3. The number of amides is 1. The molecule has 1 saturated carbocycles. The lowest BCUT2D eigenvalue weighted by Crippen LogP contribution is -2.34. The number of benzene rings is 2. The molecule has 1 fully saturated rings. The van der Waals surface area contributed by atoms with Gasteiger partial charge in [-0.05, 0) is 48.2 Å². The lowest BCUT2D eigenvalue weighted by Gasteiger charge is -2.16. The number of hydrogen-bond donors (Lipinski definition) is 1. The van der Waals surface area contributed by atoms with Crippen LogP contribution < -0.4 is 14.8 Å². The number of nitrogens with one attached hydrogen (secondary N) is 1. The van der Waals surface area contributed by atoms with Crippen LogP contribution in [-0.4, -0.2) is 12.7 Å². The molecule has 4 nitrogen and oxygen atoms in total. The molecule has 1 aliphatic carbocycles. The van der Waals surface area contributed by atoms with E-state index in [0.717, 1.165) is 35.5 Å². The quantitative estimate of drug-likeness (QED) is 0.935. The molecule has 23 heavy (non-hydrogen) atoms. The number of rotatable bonds is 4. The van der Waals surface area contributed by atoms with Crippen LogP contribution in [0.2, 0.25) is 5.02 Å². The van der Waals surface area contributed by atoms with E-state index in [9.17, 15) is 4.79 Å². The summed E-state index contributed by atoms with van der Waals surface area (Å²) in [4.78, 5) is 12.6. The Morgan fingerprint density at radius 3 is 2.74 bits per heavy atom. The molecular formula is C18H16ClNO3. The number of halogens is 1. The fourth-order valence-corrected chi connectivity index (χ4v) is 3.15. The number of carbonyl (C=O) groups excluding carboxylic acids is 1. The first-order valence-electron chi connectivity index (χ1n) is 7.60. The minimum atomic E-state index is -0.415. The maximum Gasteiger partial charge on any atom is 0.231 e. The Hall–Kier alpha value is -2.20. The summed E-state index contributed by atoms with van der Waals surface area (Å²) in [6, 6.07) is 13.3. The van der Waals surface area contributed by atoms with E-state index in [2.05, 4.69) is 5.32 Å². The zero-order chi connectivity index (χ0) is 15.9. The second-order valence-electron chi connectivity index (χ2n) is 5.96. The summed E-state index contributed by atoms with van der Waals surface area (Å²) in [5.41, 5.74) is 1.57. The third-order valence-corrected chi connectivity index (χ3v) is 4.69. The minimum absolute atomic E-state index is 0.0532. The Bertz CT molecular complexity index is 771. The molecule has 1 heterocycles. The summed E-state index contributed by atoms with van der Waals surface area (Å²) < 4.78 is 10.6. The molecule has 2 aromatic carbocycles. The van der Waals surface area contributed by atoms with Crippen molar-refractivity contribution in [2.75, 3.05) is 6.79 Å². The van der Waals surface area contributed by atoms with Crippen molar-refractivity contribution in [3.63, 3.8) is 0 Å². The molecule has 2 aliphatic rings. The Morgan fingerprint density at radius 2 is 1.96 bits per heavy atom. The highest BCUT2D eigenvalue weighted by Gasteiger charge is 2.51. The smallest absolute Gasteiger partial charge is 0.231 e. The molecule has 2 aromatic rings. The molecule has 1 aliphatic heterocycles. The van der Waals surface area contributed by atoms with Crippen LogP contribution in [0.15, 0.2) is 42.5 Å². The molecule has 0 spiro atoms. The Balaban J connectivity index is 1.46. The largest absolute Gasteiger partial charge is 0.454 e. The van der Waals surface area contributed by atoms with Crippen molar-refractivity contribution in [2.24, 2.45) is 0 Å². The first kappa shape index (κ1) is 14.4. The van der Waals surface area contributed by atoms with Crippen molar-refractivity contribution in [1.82, 2.24) is 5.32 Å². The number of ether oxygens (including phenoxy) is 2. The van der Waals surface area contributed by atoms with Crippen LogP contribution in [-0.2, 0) is 16.8 Å². The molecule has 4 rings (SSSR count). The van der Waals surface area contributed by atoms with Gasteiger partial charge in [0, 0.05) is 11.6 Å². The summed E-state index contributed by atoms with van der Waals surface area (Å²) in [5.74, 6) is 1.53. The second kappa shape index (κ2) is 5.46. The van der Waals surface area contributed by atoms with Crippen LogP contribution in [0.1, 0.15) is 24.0 Å². The Kier molecular flexibility index (Phi) is 3.42. The van der Waals surface area contributed by atoms with Crippen LogP contribution in [0.25, 0.3) is 0 Å². The minimum Gasteiger partial charge on any atom is -0.454 e. The molecule has 0 saturated heterocycles. The fraction of sp³-hybridized carbons (Fsp3) is 0.278. The molecule has 118 valence electrons. The topological polar surface area (TPSA) is 47.6 Å². The van der Waals surface area contributed by atoms with Crippen LogP contribution in [0, 0.1) is 0 Å². The fourth-order valence-electron chi connectivity index (χ4n) is 2.96. The van der Waals surface area contributed by atoms with E-state index in [1.165, 1.54) is 0 Å². The molecule has 0 bridgehead atoms. The van der Waals surface area contributed by atoms with Gasteiger partial charge >= 0.3 is 0 Å². The van der Waals surface area contributed by atoms with Crippen molar-refractivity contribution in [2.45, 2.75) is 24.8 Å². The number of fused-ring (bicyclic) bond motifs is 1. The van der Waals surface area contributed by atoms with Crippen molar-refractivity contribution in [3.05, 3.63) is 58.6 Å². The zero-order valence-electron chi connectivity index (χ0n) is 12.5. The van der Waals surface area contributed by atoms with E-state index in [1.807, 2.05) is 42.5 Å². The average Bonchev–Trinajstić information content (AvgIpc) is 3.24. The summed E-state index contributed by atoms with van der Waals surface area (Å²) in [7, 11) is 0.